The predicted molar refractivity (Wildman–Crippen MR) is 94.4 cm³/mol. The topological polar surface area (TPSA) is 32.3 Å². The molecule has 1 saturated carbocycles. The lowest BCUT2D eigenvalue weighted by Crippen LogP contribution is -2.45. The Morgan fingerprint density at radius 2 is 1.87 bits per heavy atom. The Hall–Kier alpha value is -1.35. The lowest BCUT2D eigenvalue weighted by molar-refractivity contribution is -0.138. The van der Waals surface area contributed by atoms with Gasteiger partial charge in [0.1, 0.15) is 0 Å². The van der Waals surface area contributed by atoms with Gasteiger partial charge in [-0.3, -0.25) is 4.79 Å². The summed E-state index contributed by atoms with van der Waals surface area (Å²) < 4.78 is 0. The smallest absolute Gasteiger partial charge is 0.225 e. The van der Waals surface area contributed by atoms with Crippen LogP contribution in [0.3, 0.4) is 0 Å². The predicted octanol–water partition coefficient (Wildman–Crippen LogP) is 3.42. The Labute approximate surface area is 140 Å². The molecule has 2 aliphatic rings. The molecule has 1 aliphatic carbocycles. The van der Waals surface area contributed by atoms with Crippen molar-refractivity contribution in [2.45, 2.75) is 44.4 Å². The van der Waals surface area contributed by atoms with E-state index in [-0.39, 0.29) is 5.92 Å². The second-order valence-electron chi connectivity index (χ2n) is 7.31. The first-order chi connectivity index (χ1) is 11.3. The maximum Gasteiger partial charge on any atom is 0.225 e. The molecule has 1 atom stereocenters. The van der Waals surface area contributed by atoms with Gasteiger partial charge in [-0.25, -0.2) is 0 Å². The highest BCUT2D eigenvalue weighted by Gasteiger charge is 2.32. The molecule has 1 amide bonds. The van der Waals surface area contributed by atoms with E-state index in [9.17, 15) is 4.79 Å². The molecule has 1 aromatic rings. The van der Waals surface area contributed by atoms with Crippen LogP contribution in [0, 0.1) is 11.8 Å². The summed E-state index contributed by atoms with van der Waals surface area (Å²) in [4.78, 5) is 15.0. The number of amides is 1. The number of likely N-dealkylation sites (tertiary alicyclic amines) is 1. The third kappa shape index (κ3) is 4.14. The highest BCUT2D eigenvalue weighted by molar-refractivity contribution is 5.79. The molecular formula is C20H30N2O. The van der Waals surface area contributed by atoms with Crippen molar-refractivity contribution in [3.63, 3.8) is 0 Å². The molecule has 1 heterocycles. The average molecular weight is 314 g/mol. The molecule has 2 fully saturated rings. The van der Waals surface area contributed by atoms with Gasteiger partial charge < -0.3 is 10.2 Å². The van der Waals surface area contributed by atoms with Crippen molar-refractivity contribution in [1.29, 1.82) is 0 Å². The van der Waals surface area contributed by atoms with Crippen molar-refractivity contribution < 1.29 is 4.79 Å². The SMILES string of the molecule is CNCC1CCCN(C(=O)C2CCC(c3ccccc3)CC2)C1. The van der Waals surface area contributed by atoms with Gasteiger partial charge in [-0.15, -0.1) is 0 Å². The van der Waals surface area contributed by atoms with Gasteiger partial charge in [0, 0.05) is 19.0 Å². The fraction of sp³-hybridized carbons (Fsp3) is 0.650. The van der Waals surface area contributed by atoms with Crippen LogP contribution >= 0.6 is 0 Å². The number of carbonyl (C=O) groups is 1. The normalized spacial score (nSPS) is 28.6. The molecule has 0 aromatic heterocycles. The standard InChI is InChI=1S/C20H30N2O/c1-21-14-16-6-5-13-22(15-16)20(23)19-11-9-18(10-12-19)17-7-3-2-4-8-17/h2-4,7-8,16,18-19,21H,5-6,9-15H2,1H3. The van der Waals surface area contributed by atoms with Crippen LogP contribution in [0.5, 0.6) is 0 Å². The van der Waals surface area contributed by atoms with Gasteiger partial charge in [0.25, 0.3) is 0 Å². The molecule has 3 heteroatoms. The Morgan fingerprint density at radius 3 is 2.57 bits per heavy atom. The van der Waals surface area contributed by atoms with E-state index in [1.807, 2.05) is 7.05 Å². The Morgan fingerprint density at radius 1 is 1.13 bits per heavy atom. The van der Waals surface area contributed by atoms with Crippen molar-refractivity contribution in [2.75, 3.05) is 26.7 Å². The van der Waals surface area contributed by atoms with E-state index >= 15 is 0 Å². The van der Waals surface area contributed by atoms with Crippen LogP contribution in [-0.4, -0.2) is 37.5 Å². The second kappa shape index (κ2) is 7.96. The zero-order chi connectivity index (χ0) is 16.1. The lowest BCUT2D eigenvalue weighted by atomic mass is 9.78. The van der Waals surface area contributed by atoms with Gasteiger partial charge >= 0.3 is 0 Å². The Kier molecular flexibility index (Phi) is 5.71. The number of hydrogen-bond donors (Lipinski definition) is 1. The van der Waals surface area contributed by atoms with Gasteiger partial charge in [-0.05, 0) is 69.5 Å². The van der Waals surface area contributed by atoms with Gasteiger partial charge in [-0.1, -0.05) is 30.3 Å². The molecule has 1 unspecified atom stereocenters. The van der Waals surface area contributed by atoms with E-state index in [2.05, 4.69) is 40.5 Å². The van der Waals surface area contributed by atoms with Crippen LogP contribution in [0.2, 0.25) is 0 Å². The molecule has 0 bridgehead atoms. The van der Waals surface area contributed by atoms with Crippen LogP contribution in [0.1, 0.15) is 50.0 Å². The van der Waals surface area contributed by atoms with Gasteiger partial charge in [0.15, 0.2) is 0 Å². The maximum absolute atomic E-state index is 12.9. The van der Waals surface area contributed by atoms with Crippen LogP contribution < -0.4 is 5.32 Å². The van der Waals surface area contributed by atoms with Gasteiger partial charge in [-0.2, -0.15) is 0 Å². The zero-order valence-electron chi connectivity index (χ0n) is 14.3. The first-order valence-corrected chi connectivity index (χ1v) is 9.26. The number of hydrogen-bond acceptors (Lipinski definition) is 2. The lowest BCUT2D eigenvalue weighted by Gasteiger charge is -2.37. The summed E-state index contributed by atoms with van der Waals surface area (Å²) in [7, 11) is 2.01. The zero-order valence-corrected chi connectivity index (χ0v) is 14.3. The summed E-state index contributed by atoms with van der Waals surface area (Å²) in [6.45, 7) is 2.96. The highest BCUT2D eigenvalue weighted by Crippen LogP contribution is 2.36. The molecule has 1 N–H and O–H groups in total. The fourth-order valence-electron chi connectivity index (χ4n) is 4.38. The Balaban J connectivity index is 1.52. The van der Waals surface area contributed by atoms with E-state index in [1.165, 1.54) is 12.0 Å². The average Bonchev–Trinajstić information content (AvgIpc) is 2.62. The Bertz CT molecular complexity index is 492. The van der Waals surface area contributed by atoms with Crippen LogP contribution in [0.25, 0.3) is 0 Å². The number of carbonyl (C=O) groups excluding carboxylic acids is 1. The van der Waals surface area contributed by atoms with Crippen LogP contribution in [-0.2, 0) is 4.79 Å². The summed E-state index contributed by atoms with van der Waals surface area (Å²) in [6.07, 6.45) is 6.86. The summed E-state index contributed by atoms with van der Waals surface area (Å²) in [6, 6.07) is 10.8. The largest absolute Gasteiger partial charge is 0.342 e. The summed E-state index contributed by atoms with van der Waals surface area (Å²) in [5.41, 5.74) is 1.45. The van der Waals surface area contributed by atoms with E-state index in [4.69, 9.17) is 0 Å². The van der Waals surface area contributed by atoms with Gasteiger partial charge in [0.2, 0.25) is 5.91 Å². The molecule has 23 heavy (non-hydrogen) atoms. The molecule has 1 aromatic carbocycles. The van der Waals surface area contributed by atoms with E-state index in [1.54, 1.807) is 0 Å². The number of benzene rings is 1. The molecule has 0 radical (unpaired) electrons. The van der Waals surface area contributed by atoms with Crippen molar-refractivity contribution in [3.8, 4) is 0 Å². The van der Waals surface area contributed by atoms with Crippen LogP contribution in [0.15, 0.2) is 30.3 Å². The van der Waals surface area contributed by atoms with Crippen molar-refractivity contribution >= 4 is 5.91 Å². The second-order valence-corrected chi connectivity index (χ2v) is 7.31. The molecule has 3 nitrogen and oxygen atoms in total. The molecule has 1 aliphatic heterocycles. The number of rotatable bonds is 4. The summed E-state index contributed by atoms with van der Waals surface area (Å²) in [5.74, 6) is 1.98. The third-order valence-corrected chi connectivity index (χ3v) is 5.67. The van der Waals surface area contributed by atoms with E-state index in [0.29, 0.717) is 17.7 Å². The minimum absolute atomic E-state index is 0.267. The van der Waals surface area contributed by atoms with E-state index < -0.39 is 0 Å². The monoisotopic (exact) mass is 314 g/mol. The number of piperidine rings is 1. The number of nitrogens with zero attached hydrogens (tertiary/aromatic N) is 1. The molecule has 1 saturated heterocycles. The molecule has 3 rings (SSSR count). The van der Waals surface area contributed by atoms with Crippen molar-refractivity contribution in [1.82, 2.24) is 10.2 Å². The molecular weight excluding hydrogens is 284 g/mol. The third-order valence-electron chi connectivity index (χ3n) is 5.67. The van der Waals surface area contributed by atoms with Crippen molar-refractivity contribution in [2.24, 2.45) is 11.8 Å². The first kappa shape index (κ1) is 16.5. The number of nitrogens with one attached hydrogen (secondary N) is 1. The van der Waals surface area contributed by atoms with Crippen molar-refractivity contribution in [3.05, 3.63) is 35.9 Å². The van der Waals surface area contributed by atoms with E-state index in [0.717, 1.165) is 51.7 Å². The highest BCUT2D eigenvalue weighted by atomic mass is 16.2. The minimum Gasteiger partial charge on any atom is -0.342 e. The maximum atomic E-state index is 12.9. The summed E-state index contributed by atoms with van der Waals surface area (Å²) >= 11 is 0. The van der Waals surface area contributed by atoms with Gasteiger partial charge in [0.05, 0.1) is 0 Å². The minimum atomic E-state index is 0.267. The summed E-state index contributed by atoms with van der Waals surface area (Å²) in [5, 5.41) is 3.26. The molecule has 126 valence electrons. The fourth-order valence-corrected chi connectivity index (χ4v) is 4.38. The quantitative estimate of drug-likeness (QED) is 0.923. The van der Waals surface area contributed by atoms with Crippen LogP contribution in [0.4, 0.5) is 0 Å². The first-order valence-electron chi connectivity index (χ1n) is 9.26. The molecule has 0 spiro atoms.